The third kappa shape index (κ3) is 3.58. The lowest BCUT2D eigenvalue weighted by molar-refractivity contribution is -0.128. The minimum absolute atomic E-state index is 0.106. The Labute approximate surface area is 99.4 Å². The van der Waals surface area contributed by atoms with Crippen LogP contribution in [0.3, 0.4) is 0 Å². The molecule has 0 saturated heterocycles. The van der Waals surface area contributed by atoms with E-state index in [1.54, 1.807) is 30.0 Å². The molecule has 1 heterocycles. The Balaban J connectivity index is 2.37. The van der Waals surface area contributed by atoms with Crippen LogP contribution in [0.1, 0.15) is 18.7 Å². The van der Waals surface area contributed by atoms with Crippen molar-refractivity contribution in [1.29, 1.82) is 0 Å². The number of carbonyl (C=O) groups is 1. The van der Waals surface area contributed by atoms with Gasteiger partial charge in [-0.2, -0.15) is 0 Å². The number of thiocarbonyl (C=S) groups is 1. The second-order valence-corrected chi connectivity index (χ2v) is 4.03. The molecule has 1 amide bonds. The average molecular weight is 241 g/mol. The molecular formula is C9H15N5OS. The first-order valence-corrected chi connectivity index (χ1v) is 5.31. The molecule has 0 spiro atoms. The summed E-state index contributed by atoms with van der Waals surface area (Å²) in [4.78, 5) is 17.0. The van der Waals surface area contributed by atoms with Crippen LogP contribution in [0.4, 0.5) is 0 Å². The second kappa shape index (κ2) is 5.55. The smallest absolute Gasteiger partial charge is 0.222 e. The zero-order valence-corrected chi connectivity index (χ0v) is 10.2. The van der Waals surface area contributed by atoms with Gasteiger partial charge in [0, 0.05) is 27.1 Å². The molecule has 0 bridgehead atoms. The summed E-state index contributed by atoms with van der Waals surface area (Å²) in [6.07, 6.45) is 2.78. The number of aromatic nitrogens is 3. The maximum atomic E-state index is 11.3. The fourth-order valence-electron chi connectivity index (χ4n) is 1.13. The monoisotopic (exact) mass is 241 g/mol. The molecule has 1 aromatic rings. The van der Waals surface area contributed by atoms with Gasteiger partial charge in [0.1, 0.15) is 11.3 Å². The van der Waals surface area contributed by atoms with Gasteiger partial charge in [0.25, 0.3) is 0 Å². The molecule has 2 N–H and O–H groups in total. The molecule has 6 nitrogen and oxygen atoms in total. The van der Waals surface area contributed by atoms with Gasteiger partial charge in [-0.05, 0) is 6.42 Å². The van der Waals surface area contributed by atoms with Crippen molar-refractivity contribution in [2.45, 2.75) is 19.4 Å². The lowest BCUT2D eigenvalue weighted by Crippen LogP contribution is -2.21. The Morgan fingerprint density at radius 3 is 2.81 bits per heavy atom. The van der Waals surface area contributed by atoms with Crippen LogP contribution in [0.5, 0.6) is 0 Å². The molecule has 0 radical (unpaired) electrons. The largest absolute Gasteiger partial charge is 0.387 e. The van der Waals surface area contributed by atoms with Crippen molar-refractivity contribution in [3.63, 3.8) is 0 Å². The molecular weight excluding hydrogens is 226 g/mol. The molecule has 0 saturated carbocycles. The van der Waals surface area contributed by atoms with Crippen molar-refractivity contribution in [3.8, 4) is 0 Å². The minimum atomic E-state index is 0.106. The maximum absolute atomic E-state index is 11.3. The SMILES string of the molecule is CN(C)C(=O)CCCn1cnc(C(N)=S)n1. The number of nitrogens with two attached hydrogens (primary N) is 1. The summed E-state index contributed by atoms with van der Waals surface area (Å²) in [5.74, 6) is 0.476. The molecule has 0 aliphatic carbocycles. The van der Waals surface area contributed by atoms with E-state index >= 15 is 0 Å². The Bertz CT molecular complexity index is 387. The molecule has 0 fully saturated rings. The van der Waals surface area contributed by atoms with E-state index in [0.29, 0.717) is 18.8 Å². The fourth-order valence-corrected chi connectivity index (χ4v) is 1.22. The van der Waals surface area contributed by atoms with Gasteiger partial charge in [0.05, 0.1) is 0 Å². The molecule has 0 aliphatic heterocycles. The molecule has 0 aliphatic rings. The van der Waals surface area contributed by atoms with Crippen molar-refractivity contribution >= 4 is 23.1 Å². The van der Waals surface area contributed by atoms with Crippen molar-refractivity contribution in [2.24, 2.45) is 5.73 Å². The third-order valence-corrected chi connectivity index (χ3v) is 2.22. The summed E-state index contributed by atoms with van der Waals surface area (Å²) in [5.41, 5.74) is 5.38. The van der Waals surface area contributed by atoms with Gasteiger partial charge in [-0.25, -0.2) is 4.98 Å². The van der Waals surface area contributed by atoms with Crippen LogP contribution in [-0.2, 0) is 11.3 Å². The molecule has 0 unspecified atom stereocenters. The highest BCUT2D eigenvalue weighted by atomic mass is 32.1. The Morgan fingerprint density at radius 2 is 2.31 bits per heavy atom. The van der Waals surface area contributed by atoms with E-state index in [9.17, 15) is 4.79 Å². The first-order chi connectivity index (χ1) is 7.50. The highest BCUT2D eigenvalue weighted by Gasteiger charge is 2.05. The second-order valence-electron chi connectivity index (χ2n) is 3.59. The summed E-state index contributed by atoms with van der Waals surface area (Å²) in [6.45, 7) is 0.634. The third-order valence-electron chi connectivity index (χ3n) is 2.03. The number of nitrogens with zero attached hydrogens (tertiary/aromatic N) is 4. The normalized spacial score (nSPS) is 10.1. The molecule has 1 aromatic heterocycles. The van der Waals surface area contributed by atoms with E-state index < -0.39 is 0 Å². The van der Waals surface area contributed by atoms with Gasteiger partial charge in [-0.3, -0.25) is 9.48 Å². The lowest BCUT2D eigenvalue weighted by Gasteiger charge is -2.09. The number of carbonyl (C=O) groups excluding carboxylic acids is 1. The van der Waals surface area contributed by atoms with E-state index in [1.807, 2.05) is 0 Å². The van der Waals surface area contributed by atoms with Gasteiger partial charge in [0.2, 0.25) is 11.7 Å². The lowest BCUT2D eigenvalue weighted by atomic mass is 10.3. The van der Waals surface area contributed by atoms with E-state index in [0.717, 1.165) is 6.42 Å². The average Bonchev–Trinajstić information content (AvgIpc) is 2.66. The summed E-state index contributed by atoms with van der Waals surface area (Å²) >= 11 is 4.74. The maximum Gasteiger partial charge on any atom is 0.222 e. The van der Waals surface area contributed by atoms with Crippen LogP contribution in [0, 0.1) is 0 Å². The summed E-state index contributed by atoms with van der Waals surface area (Å²) < 4.78 is 1.64. The van der Waals surface area contributed by atoms with E-state index in [1.165, 1.54) is 0 Å². The van der Waals surface area contributed by atoms with Crippen molar-refractivity contribution in [3.05, 3.63) is 12.2 Å². The van der Waals surface area contributed by atoms with Crippen LogP contribution >= 0.6 is 12.2 Å². The number of rotatable bonds is 5. The number of aryl methyl sites for hydroxylation is 1. The molecule has 0 aromatic carbocycles. The zero-order chi connectivity index (χ0) is 12.1. The van der Waals surface area contributed by atoms with Gasteiger partial charge in [-0.1, -0.05) is 12.2 Å². The molecule has 16 heavy (non-hydrogen) atoms. The van der Waals surface area contributed by atoms with Crippen molar-refractivity contribution in [1.82, 2.24) is 19.7 Å². The predicted octanol–water partition coefficient (Wildman–Crippen LogP) is -0.219. The highest BCUT2D eigenvalue weighted by molar-refractivity contribution is 7.80. The molecule has 0 atom stereocenters. The summed E-state index contributed by atoms with van der Waals surface area (Å²) in [5, 5.41) is 4.07. The number of hydrogen-bond acceptors (Lipinski definition) is 4. The van der Waals surface area contributed by atoms with Gasteiger partial charge in [-0.15, -0.1) is 5.10 Å². The Hall–Kier alpha value is -1.50. The quantitative estimate of drug-likeness (QED) is 0.721. The van der Waals surface area contributed by atoms with Gasteiger partial charge < -0.3 is 10.6 Å². The molecule has 88 valence electrons. The highest BCUT2D eigenvalue weighted by Crippen LogP contribution is 1.97. The first kappa shape index (κ1) is 12.6. The molecule has 7 heteroatoms. The van der Waals surface area contributed by atoms with Crippen LogP contribution in [0.2, 0.25) is 0 Å². The number of amides is 1. The van der Waals surface area contributed by atoms with Crippen LogP contribution < -0.4 is 5.73 Å². The van der Waals surface area contributed by atoms with E-state index in [4.69, 9.17) is 18.0 Å². The Kier molecular flexibility index (Phi) is 4.36. The van der Waals surface area contributed by atoms with Gasteiger partial charge in [0.15, 0.2) is 0 Å². The van der Waals surface area contributed by atoms with Gasteiger partial charge >= 0.3 is 0 Å². The number of hydrogen-bond donors (Lipinski definition) is 1. The van der Waals surface area contributed by atoms with Crippen LogP contribution in [0.25, 0.3) is 0 Å². The van der Waals surface area contributed by atoms with E-state index in [-0.39, 0.29) is 10.9 Å². The van der Waals surface area contributed by atoms with Crippen molar-refractivity contribution in [2.75, 3.05) is 14.1 Å². The standard InChI is InChI=1S/C9H15N5OS/c1-13(2)7(15)4-3-5-14-6-11-9(12-14)8(10)16/h6H,3-5H2,1-2H3,(H2,10,16). The first-order valence-electron chi connectivity index (χ1n) is 4.90. The minimum Gasteiger partial charge on any atom is -0.387 e. The van der Waals surface area contributed by atoms with Crippen LogP contribution in [0.15, 0.2) is 6.33 Å². The van der Waals surface area contributed by atoms with E-state index in [2.05, 4.69) is 10.1 Å². The predicted molar refractivity (Wildman–Crippen MR) is 63.8 cm³/mol. The zero-order valence-electron chi connectivity index (χ0n) is 9.38. The molecule has 1 rings (SSSR count). The van der Waals surface area contributed by atoms with Crippen LogP contribution in [-0.4, -0.2) is 44.7 Å². The summed E-state index contributed by atoms with van der Waals surface area (Å²) in [6, 6.07) is 0. The fraction of sp³-hybridized carbons (Fsp3) is 0.556. The summed E-state index contributed by atoms with van der Waals surface area (Å²) in [7, 11) is 3.48. The Morgan fingerprint density at radius 1 is 1.62 bits per heavy atom. The van der Waals surface area contributed by atoms with Crippen molar-refractivity contribution < 1.29 is 4.79 Å². The topological polar surface area (TPSA) is 77.0 Å².